The van der Waals surface area contributed by atoms with Crippen molar-refractivity contribution in [3.63, 3.8) is 0 Å². The maximum absolute atomic E-state index is 13.2. The summed E-state index contributed by atoms with van der Waals surface area (Å²) >= 11 is 5.97. The van der Waals surface area contributed by atoms with Crippen LogP contribution in [0.4, 0.5) is 0 Å². The molecule has 2 saturated heterocycles. The van der Waals surface area contributed by atoms with Gasteiger partial charge in [-0.2, -0.15) is 0 Å². The zero-order chi connectivity index (χ0) is 21.3. The fraction of sp³-hybridized carbons (Fsp3) is 0.652. The molecule has 3 fully saturated rings. The molecular formula is C23H32ClN3O3. The third-order valence-corrected chi connectivity index (χ3v) is 7.38. The first-order valence-electron chi connectivity index (χ1n) is 11.1. The van der Waals surface area contributed by atoms with Gasteiger partial charge >= 0.3 is 0 Å². The van der Waals surface area contributed by atoms with Gasteiger partial charge in [0.05, 0.1) is 12.1 Å². The Morgan fingerprint density at radius 1 is 1.07 bits per heavy atom. The molecule has 2 atom stereocenters. The van der Waals surface area contributed by atoms with Crippen molar-refractivity contribution in [3.05, 3.63) is 34.9 Å². The van der Waals surface area contributed by atoms with Crippen LogP contribution in [0, 0.1) is 5.92 Å². The number of benzene rings is 1. The number of carbonyl (C=O) groups excluding carboxylic acids is 2. The van der Waals surface area contributed by atoms with Crippen LogP contribution in [0.3, 0.4) is 0 Å². The Kier molecular flexibility index (Phi) is 6.37. The van der Waals surface area contributed by atoms with Gasteiger partial charge in [0.25, 0.3) is 5.91 Å². The lowest BCUT2D eigenvalue weighted by Gasteiger charge is -2.56. The van der Waals surface area contributed by atoms with E-state index in [1.165, 1.54) is 6.42 Å². The molecule has 1 aliphatic carbocycles. The molecule has 1 N–H and O–H groups in total. The van der Waals surface area contributed by atoms with Crippen molar-refractivity contribution in [2.75, 3.05) is 39.3 Å². The van der Waals surface area contributed by atoms with Crippen molar-refractivity contribution in [3.8, 4) is 0 Å². The molecule has 1 aromatic rings. The summed E-state index contributed by atoms with van der Waals surface area (Å²) in [7, 11) is 0. The number of carbonyl (C=O) groups is 2. The minimum Gasteiger partial charge on any atom is -0.394 e. The van der Waals surface area contributed by atoms with Crippen molar-refractivity contribution in [2.24, 2.45) is 5.92 Å². The van der Waals surface area contributed by atoms with Gasteiger partial charge in [-0.15, -0.1) is 0 Å². The normalized spacial score (nSPS) is 28.3. The number of nitrogens with zero attached hydrogens (tertiary/aromatic N) is 3. The SMILES string of the molecule is CC1(CO)CN(C(=O)c2ccc(Cl)cc2)CC2CN(C(=O)C3CCCCC3)CCN21. The van der Waals surface area contributed by atoms with Crippen molar-refractivity contribution >= 4 is 23.4 Å². The highest BCUT2D eigenvalue weighted by Crippen LogP contribution is 2.31. The van der Waals surface area contributed by atoms with Gasteiger partial charge in [0.15, 0.2) is 0 Å². The van der Waals surface area contributed by atoms with Gasteiger partial charge in [-0.3, -0.25) is 14.5 Å². The number of hydrogen-bond acceptors (Lipinski definition) is 4. The maximum Gasteiger partial charge on any atom is 0.253 e. The second-order valence-electron chi connectivity index (χ2n) is 9.31. The Balaban J connectivity index is 1.50. The molecule has 2 heterocycles. The molecule has 1 saturated carbocycles. The Labute approximate surface area is 183 Å². The van der Waals surface area contributed by atoms with E-state index in [2.05, 4.69) is 4.90 Å². The van der Waals surface area contributed by atoms with E-state index in [9.17, 15) is 14.7 Å². The fourth-order valence-electron chi connectivity index (χ4n) is 5.42. The van der Waals surface area contributed by atoms with Crippen LogP contribution >= 0.6 is 11.6 Å². The van der Waals surface area contributed by atoms with Crippen molar-refractivity contribution in [1.82, 2.24) is 14.7 Å². The van der Waals surface area contributed by atoms with Crippen LogP contribution in [-0.4, -0.2) is 82.5 Å². The van der Waals surface area contributed by atoms with Crippen LogP contribution in [0.1, 0.15) is 49.4 Å². The molecule has 4 rings (SSSR count). The number of amides is 2. The number of hydrogen-bond donors (Lipinski definition) is 1. The first-order valence-corrected chi connectivity index (χ1v) is 11.5. The summed E-state index contributed by atoms with van der Waals surface area (Å²) in [5.41, 5.74) is 0.0874. The van der Waals surface area contributed by atoms with Crippen LogP contribution in [0.5, 0.6) is 0 Å². The van der Waals surface area contributed by atoms with E-state index in [1.54, 1.807) is 24.3 Å². The number of fused-ring (bicyclic) bond motifs is 1. The predicted molar refractivity (Wildman–Crippen MR) is 116 cm³/mol. The molecular weight excluding hydrogens is 402 g/mol. The van der Waals surface area contributed by atoms with E-state index in [0.717, 1.165) is 32.2 Å². The lowest BCUT2D eigenvalue weighted by molar-refractivity contribution is -0.145. The van der Waals surface area contributed by atoms with E-state index >= 15 is 0 Å². The van der Waals surface area contributed by atoms with E-state index in [-0.39, 0.29) is 30.4 Å². The highest BCUT2D eigenvalue weighted by atomic mass is 35.5. The third-order valence-electron chi connectivity index (χ3n) is 7.12. The molecule has 2 unspecified atom stereocenters. The largest absolute Gasteiger partial charge is 0.394 e. The first kappa shape index (κ1) is 21.6. The molecule has 0 spiro atoms. The molecule has 30 heavy (non-hydrogen) atoms. The molecule has 1 aromatic carbocycles. The summed E-state index contributed by atoms with van der Waals surface area (Å²) in [4.78, 5) is 32.4. The van der Waals surface area contributed by atoms with E-state index in [0.29, 0.717) is 36.8 Å². The van der Waals surface area contributed by atoms with Gasteiger partial charge in [0.1, 0.15) is 0 Å². The number of aliphatic hydroxyl groups is 1. The highest BCUT2D eigenvalue weighted by Gasteiger charge is 2.47. The van der Waals surface area contributed by atoms with Crippen LogP contribution in [0.25, 0.3) is 0 Å². The van der Waals surface area contributed by atoms with Gasteiger partial charge in [0.2, 0.25) is 5.91 Å². The molecule has 6 nitrogen and oxygen atoms in total. The molecule has 0 bridgehead atoms. The number of halogens is 1. The first-order chi connectivity index (χ1) is 14.4. The lowest BCUT2D eigenvalue weighted by atomic mass is 9.87. The van der Waals surface area contributed by atoms with Gasteiger partial charge < -0.3 is 14.9 Å². The quantitative estimate of drug-likeness (QED) is 0.795. The molecule has 0 aromatic heterocycles. The summed E-state index contributed by atoms with van der Waals surface area (Å²) in [5.74, 6) is 0.382. The van der Waals surface area contributed by atoms with Crippen LogP contribution in [-0.2, 0) is 4.79 Å². The standard InChI is InChI=1S/C23H32ClN3O3/c1-23(16-28)15-26(22(30)18-7-9-19(24)10-8-18)14-20-13-25(11-12-27(20)23)21(29)17-5-3-2-4-6-17/h7-10,17,20,28H,2-6,11-16H2,1H3. The Hall–Kier alpha value is -1.63. The van der Waals surface area contributed by atoms with Gasteiger partial charge in [0, 0.05) is 55.3 Å². The monoisotopic (exact) mass is 433 g/mol. The number of aliphatic hydroxyl groups excluding tert-OH is 1. The average molecular weight is 434 g/mol. The fourth-order valence-corrected chi connectivity index (χ4v) is 5.55. The highest BCUT2D eigenvalue weighted by molar-refractivity contribution is 6.30. The Bertz CT molecular complexity index is 780. The number of piperazine rings is 2. The zero-order valence-electron chi connectivity index (χ0n) is 17.7. The summed E-state index contributed by atoms with van der Waals surface area (Å²) in [6, 6.07) is 6.97. The summed E-state index contributed by atoms with van der Waals surface area (Å²) in [6.45, 7) is 5.08. The Morgan fingerprint density at radius 2 is 1.73 bits per heavy atom. The smallest absolute Gasteiger partial charge is 0.253 e. The Morgan fingerprint density at radius 3 is 2.40 bits per heavy atom. The van der Waals surface area contributed by atoms with Gasteiger partial charge in [-0.1, -0.05) is 30.9 Å². The van der Waals surface area contributed by atoms with E-state index < -0.39 is 5.54 Å². The summed E-state index contributed by atoms with van der Waals surface area (Å²) in [6.07, 6.45) is 5.52. The van der Waals surface area contributed by atoms with Crippen molar-refractivity contribution in [1.29, 1.82) is 0 Å². The molecule has 7 heteroatoms. The predicted octanol–water partition coefficient (Wildman–Crippen LogP) is 2.64. The van der Waals surface area contributed by atoms with E-state index in [1.807, 2.05) is 16.7 Å². The average Bonchev–Trinajstić information content (AvgIpc) is 2.78. The molecule has 164 valence electrons. The summed E-state index contributed by atoms with van der Waals surface area (Å²) in [5, 5.41) is 10.8. The molecule has 3 aliphatic rings. The van der Waals surface area contributed by atoms with E-state index in [4.69, 9.17) is 11.6 Å². The van der Waals surface area contributed by atoms with Crippen molar-refractivity contribution in [2.45, 2.75) is 50.6 Å². The summed E-state index contributed by atoms with van der Waals surface area (Å²) < 4.78 is 0. The second kappa shape index (κ2) is 8.85. The molecule has 2 aliphatic heterocycles. The van der Waals surface area contributed by atoms with Crippen LogP contribution in [0.2, 0.25) is 5.02 Å². The van der Waals surface area contributed by atoms with Crippen LogP contribution < -0.4 is 0 Å². The van der Waals surface area contributed by atoms with Gasteiger partial charge in [-0.25, -0.2) is 0 Å². The maximum atomic E-state index is 13.2. The lowest BCUT2D eigenvalue weighted by Crippen LogP contribution is -2.72. The molecule has 0 radical (unpaired) electrons. The minimum absolute atomic E-state index is 0.0233. The van der Waals surface area contributed by atoms with Crippen molar-refractivity contribution < 1.29 is 14.7 Å². The number of rotatable bonds is 3. The second-order valence-corrected chi connectivity index (χ2v) is 9.75. The minimum atomic E-state index is -0.509. The zero-order valence-corrected chi connectivity index (χ0v) is 18.5. The topological polar surface area (TPSA) is 64.1 Å². The third kappa shape index (κ3) is 4.23. The van der Waals surface area contributed by atoms with Gasteiger partial charge in [-0.05, 0) is 44.0 Å². The molecule has 2 amide bonds. The van der Waals surface area contributed by atoms with Crippen LogP contribution in [0.15, 0.2) is 24.3 Å².